The molecule has 1 aromatic heterocycles. The summed E-state index contributed by atoms with van der Waals surface area (Å²) in [6.07, 6.45) is 1.54. The van der Waals surface area contributed by atoms with E-state index in [1.54, 1.807) is 34.9 Å². The topological polar surface area (TPSA) is 130 Å². The summed E-state index contributed by atoms with van der Waals surface area (Å²) < 4.78 is 7.04. The number of amides is 2. The lowest BCUT2D eigenvalue weighted by Gasteiger charge is -2.21. The standard InChI is InChI=1S/C28H30ClN3O6/c1-3-38-18-9-5-8-17(13-18)22(14-24(33)34)30-28(37)31-25-26(35)19-10-6-12-23(19)32(27(25)36)15-20-16(2)7-4-11-21(20)29/h4-5,7-9,11,13,22,35H,3,6,10,12,14-15H2,1-2H3,(H,33,34)(H2,30,31,37)/t22-/m0/s1. The number of aryl methyl sites for hydroxylation is 1. The van der Waals surface area contributed by atoms with E-state index in [1.165, 1.54) is 0 Å². The molecule has 1 atom stereocenters. The first-order valence-electron chi connectivity index (χ1n) is 12.4. The van der Waals surface area contributed by atoms with Crippen LogP contribution in [-0.4, -0.2) is 33.4 Å². The molecule has 0 aliphatic heterocycles. The van der Waals surface area contributed by atoms with Crippen LogP contribution in [0.3, 0.4) is 0 Å². The van der Waals surface area contributed by atoms with Crippen LogP contribution in [0.25, 0.3) is 0 Å². The molecule has 3 aromatic rings. The minimum absolute atomic E-state index is 0.190. The zero-order valence-electron chi connectivity index (χ0n) is 21.2. The fraction of sp³-hybridized carbons (Fsp3) is 0.321. The van der Waals surface area contributed by atoms with E-state index < -0.39 is 30.0 Å². The Hall–Kier alpha value is -3.98. The highest BCUT2D eigenvalue weighted by Gasteiger charge is 2.27. The average molecular weight is 540 g/mol. The van der Waals surface area contributed by atoms with Crippen molar-refractivity contribution in [3.8, 4) is 11.5 Å². The number of halogens is 1. The maximum Gasteiger partial charge on any atom is 0.319 e. The third-order valence-corrected chi connectivity index (χ3v) is 7.01. The van der Waals surface area contributed by atoms with Crippen molar-refractivity contribution in [2.75, 3.05) is 11.9 Å². The van der Waals surface area contributed by atoms with E-state index in [4.69, 9.17) is 16.3 Å². The second-order valence-electron chi connectivity index (χ2n) is 9.18. The highest BCUT2D eigenvalue weighted by molar-refractivity contribution is 6.31. The number of carboxylic acid groups (broad SMARTS) is 1. The number of ether oxygens (including phenoxy) is 1. The zero-order valence-corrected chi connectivity index (χ0v) is 22.0. The molecule has 0 spiro atoms. The summed E-state index contributed by atoms with van der Waals surface area (Å²) in [5.74, 6) is -0.843. The number of nitrogens with one attached hydrogen (secondary N) is 2. The van der Waals surface area contributed by atoms with E-state index in [0.29, 0.717) is 47.0 Å². The van der Waals surface area contributed by atoms with Crippen LogP contribution >= 0.6 is 11.6 Å². The van der Waals surface area contributed by atoms with Gasteiger partial charge in [0.2, 0.25) is 0 Å². The fourth-order valence-corrected chi connectivity index (χ4v) is 5.10. The molecule has 2 amide bonds. The van der Waals surface area contributed by atoms with E-state index in [1.807, 2.05) is 26.0 Å². The van der Waals surface area contributed by atoms with Crippen molar-refractivity contribution in [3.05, 3.63) is 85.8 Å². The number of benzene rings is 2. The predicted octanol–water partition coefficient (Wildman–Crippen LogP) is 4.79. The number of hydrogen-bond donors (Lipinski definition) is 4. The number of hydrogen-bond acceptors (Lipinski definition) is 5. The van der Waals surface area contributed by atoms with E-state index in [0.717, 1.165) is 17.5 Å². The molecule has 9 nitrogen and oxygen atoms in total. The number of nitrogens with zero attached hydrogens (tertiary/aromatic N) is 1. The van der Waals surface area contributed by atoms with E-state index in [-0.39, 0.29) is 18.0 Å². The van der Waals surface area contributed by atoms with Crippen LogP contribution in [0, 0.1) is 6.92 Å². The Kier molecular flexibility index (Phi) is 8.26. The molecule has 0 radical (unpaired) electrons. The van der Waals surface area contributed by atoms with Crippen LogP contribution in [-0.2, 0) is 24.2 Å². The number of pyridine rings is 1. The van der Waals surface area contributed by atoms with Crippen LogP contribution in [0.5, 0.6) is 11.5 Å². The number of aliphatic carboxylic acids is 1. The van der Waals surface area contributed by atoms with Crippen molar-refractivity contribution in [1.82, 2.24) is 9.88 Å². The summed E-state index contributed by atoms with van der Waals surface area (Å²) in [5, 5.41) is 26.0. The summed E-state index contributed by atoms with van der Waals surface area (Å²) in [4.78, 5) is 38.1. The molecule has 0 fully saturated rings. The molecule has 0 saturated carbocycles. The van der Waals surface area contributed by atoms with Gasteiger partial charge in [-0.1, -0.05) is 35.9 Å². The lowest BCUT2D eigenvalue weighted by atomic mass is 10.0. The van der Waals surface area contributed by atoms with Gasteiger partial charge in [-0.05, 0) is 68.0 Å². The summed E-state index contributed by atoms with van der Waals surface area (Å²) in [6, 6.07) is 10.5. The van der Waals surface area contributed by atoms with Gasteiger partial charge in [0.1, 0.15) is 11.5 Å². The normalized spacial score (nSPS) is 13.0. The predicted molar refractivity (Wildman–Crippen MR) is 144 cm³/mol. The van der Waals surface area contributed by atoms with E-state index >= 15 is 0 Å². The Morgan fingerprint density at radius 1 is 1.18 bits per heavy atom. The van der Waals surface area contributed by atoms with Gasteiger partial charge in [-0.3, -0.25) is 9.59 Å². The van der Waals surface area contributed by atoms with Crippen molar-refractivity contribution in [1.29, 1.82) is 0 Å². The van der Waals surface area contributed by atoms with Crippen molar-refractivity contribution in [2.45, 2.75) is 52.1 Å². The summed E-state index contributed by atoms with van der Waals surface area (Å²) in [5.41, 5.74) is 2.73. The number of carbonyl (C=O) groups is 2. The lowest BCUT2D eigenvalue weighted by Crippen LogP contribution is -2.37. The Balaban J connectivity index is 1.66. The van der Waals surface area contributed by atoms with Crippen LogP contribution in [0.15, 0.2) is 47.3 Å². The second-order valence-corrected chi connectivity index (χ2v) is 9.59. The number of anilines is 1. The van der Waals surface area contributed by atoms with Gasteiger partial charge in [0.25, 0.3) is 5.56 Å². The van der Waals surface area contributed by atoms with Crippen LogP contribution < -0.4 is 20.9 Å². The lowest BCUT2D eigenvalue weighted by molar-refractivity contribution is -0.137. The van der Waals surface area contributed by atoms with Crippen LogP contribution in [0.4, 0.5) is 10.5 Å². The number of aromatic nitrogens is 1. The molecule has 2 aromatic carbocycles. The van der Waals surface area contributed by atoms with Gasteiger partial charge in [-0.15, -0.1) is 0 Å². The third-order valence-electron chi connectivity index (χ3n) is 6.66. The molecule has 1 aliphatic rings. The Morgan fingerprint density at radius 3 is 2.66 bits per heavy atom. The minimum Gasteiger partial charge on any atom is -0.505 e. The van der Waals surface area contributed by atoms with E-state index in [9.17, 15) is 24.6 Å². The largest absolute Gasteiger partial charge is 0.505 e. The quantitative estimate of drug-likeness (QED) is 0.309. The highest BCUT2D eigenvalue weighted by Crippen LogP contribution is 2.34. The number of aromatic hydroxyl groups is 1. The molecular formula is C28H30ClN3O6. The van der Waals surface area contributed by atoms with Gasteiger partial charge in [0, 0.05) is 16.3 Å². The first-order chi connectivity index (χ1) is 18.2. The van der Waals surface area contributed by atoms with Gasteiger partial charge < -0.3 is 30.2 Å². The fourth-order valence-electron chi connectivity index (χ4n) is 4.82. The van der Waals surface area contributed by atoms with Gasteiger partial charge in [-0.2, -0.15) is 0 Å². The van der Waals surface area contributed by atoms with Crippen molar-refractivity contribution >= 4 is 29.3 Å². The molecule has 4 rings (SSSR count). The first-order valence-corrected chi connectivity index (χ1v) is 12.8. The Morgan fingerprint density at radius 2 is 1.95 bits per heavy atom. The van der Waals surface area contributed by atoms with Gasteiger partial charge in [0.15, 0.2) is 5.69 Å². The third kappa shape index (κ3) is 5.78. The zero-order chi connectivity index (χ0) is 27.4. The van der Waals surface area contributed by atoms with Crippen LogP contribution in [0.2, 0.25) is 5.02 Å². The average Bonchev–Trinajstić information content (AvgIpc) is 3.36. The smallest absolute Gasteiger partial charge is 0.319 e. The van der Waals surface area contributed by atoms with Gasteiger partial charge in [-0.25, -0.2) is 4.79 Å². The maximum atomic E-state index is 13.6. The van der Waals surface area contributed by atoms with Crippen molar-refractivity contribution < 1.29 is 24.5 Å². The molecule has 10 heteroatoms. The molecule has 0 bridgehead atoms. The van der Waals surface area contributed by atoms with Crippen LogP contribution in [0.1, 0.15) is 53.8 Å². The molecule has 1 heterocycles. The Bertz CT molecular complexity index is 1410. The number of rotatable bonds is 9. The number of carboxylic acids is 1. The monoisotopic (exact) mass is 539 g/mol. The molecule has 0 saturated heterocycles. The van der Waals surface area contributed by atoms with Crippen molar-refractivity contribution in [3.63, 3.8) is 0 Å². The van der Waals surface area contributed by atoms with Gasteiger partial charge in [0.05, 0.1) is 25.6 Å². The molecule has 0 unspecified atom stereocenters. The number of urea groups is 1. The summed E-state index contributed by atoms with van der Waals surface area (Å²) in [6.45, 7) is 4.35. The first kappa shape index (κ1) is 27.1. The van der Waals surface area contributed by atoms with Crippen molar-refractivity contribution in [2.24, 2.45) is 0 Å². The molecular weight excluding hydrogens is 510 g/mol. The molecule has 4 N–H and O–H groups in total. The Labute approximate surface area is 225 Å². The van der Waals surface area contributed by atoms with E-state index in [2.05, 4.69) is 10.6 Å². The molecule has 1 aliphatic carbocycles. The molecule has 200 valence electrons. The second kappa shape index (κ2) is 11.6. The maximum absolute atomic E-state index is 13.6. The SMILES string of the molecule is CCOc1cccc([C@H](CC(=O)O)NC(=O)Nc2c(O)c3c(n(Cc4c(C)cccc4Cl)c2=O)CCC3)c1. The number of carbonyl (C=O) groups excluding carboxylic acids is 1. The van der Waals surface area contributed by atoms with Gasteiger partial charge >= 0.3 is 12.0 Å². The minimum atomic E-state index is -1.12. The summed E-state index contributed by atoms with van der Waals surface area (Å²) >= 11 is 6.42. The highest BCUT2D eigenvalue weighted by atomic mass is 35.5. The molecule has 38 heavy (non-hydrogen) atoms. The summed E-state index contributed by atoms with van der Waals surface area (Å²) in [7, 11) is 0. The number of fused-ring (bicyclic) bond motifs is 1.